The first-order chi connectivity index (χ1) is 26.2. The molecular weight excluding hydrogens is 662 g/mol. The highest BCUT2D eigenvalue weighted by Crippen LogP contribution is 2.54. The highest BCUT2D eigenvalue weighted by molar-refractivity contribution is 7.78. The number of para-hydroxylation sites is 3. The second-order valence-electron chi connectivity index (χ2n) is 14.0. The Labute approximate surface area is 310 Å². The lowest BCUT2D eigenvalue weighted by atomic mass is 9.63. The Morgan fingerprint density at radius 3 is 1.74 bits per heavy atom. The number of hydrogen-bond acceptors (Lipinski definition) is 1. The van der Waals surface area contributed by atoms with E-state index in [9.17, 15) is 0 Å². The van der Waals surface area contributed by atoms with Gasteiger partial charge in [-0.25, -0.2) is 0 Å². The molecule has 9 aromatic rings. The van der Waals surface area contributed by atoms with Crippen LogP contribution in [0.1, 0.15) is 27.8 Å². The Balaban J connectivity index is 1.14. The molecule has 2 atom stereocenters. The average molecular weight is 698 g/mol. The topological polar surface area (TPSA) is 22.0 Å². The first-order valence-corrected chi connectivity index (χ1v) is 20.1. The summed E-state index contributed by atoms with van der Waals surface area (Å²) in [7, 11) is -3.03. The van der Waals surface area contributed by atoms with Crippen molar-refractivity contribution in [3.05, 3.63) is 234 Å². The van der Waals surface area contributed by atoms with Gasteiger partial charge in [-0.2, -0.15) is 0 Å². The number of fused-ring (bicyclic) bond motifs is 5. The molecule has 0 aliphatic carbocycles. The summed E-state index contributed by atoms with van der Waals surface area (Å²) in [5, 5.41) is 4.25. The largest absolute Gasteiger partial charge is 0.313 e. The lowest BCUT2D eigenvalue weighted by molar-refractivity contribution is 0.586. The van der Waals surface area contributed by atoms with E-state index < -0.39 is 12.6 Å². The molecule has 0 spiro atoms. The van der Waals surface area contributed by atoms with E-state index in [-0.39, 0.29) is 0 Å². The van der Waals surface area contributed by atoms with Gasteiger partial charge in [0.1, 0.15) is 7.14 Å². The average Bonchev–Trinajstić information content (AvgIpc) is 3.58. The molecule has 53 heavy (non-hydrogen) atoms. The van der Waals surface area contributed by atoms with Gasteiger partial charge in [-0.15, -0.1) is 0 Å². The molecule has 1 aliphatic heterocycles. The van der Waals surface area contributed by atoms with Gasteiger partial charge in [0.15, 0.2) is 0 Å². The van der Waals surface area contributed by atoms with Crippen molar-refractivity contribution in [2.24, 2.45) is 0 Å². The summed E-state index contributed by atoms with van der Waals surface area (Å²) < 4.78 is 17.9. The van der Waals surface area contributed by atoms with Crippen LogP contribution in [0.3, 0.4) is 0 Å². The fourth-order valence-electron chi connectivity index (χ4n) is 8.82. The number of hydrogen-bond donors (Lipinski definition) is 0. The maximum absolute atomic E-state index is 15.4. The van der Waals surface area contributed by atoms with Gasteiger partial charge < -0.3 is 9.13 Å². The summed E-state index contributed by atoms with van der Waals surface area (Å²) in [6.07, 6.45) is 0.431. The standard InChI is InChI=1S/C50H36NOP/c52-53(41-19-8-3-9-20-41,42-33-29-38(30-34-42)37-15-4-1-5-16-37)35-36-27-31-40(32-28-36)50(39-17-6-2-7-18-39)45-23-11-13-26-48(45)51-47-25-12-10-21-43(47)44-22-14-24-46(50)49(44)51/h1-34H,35H2. The van der Waals surface area contributed by atoms with E-state index >= 15 is 4.57 Å². The van der Waals surface area contributed by atoms with Gasteiger partial charge in [-0.05, 0) is 51.1 Å². The van der Waals surface area contributed by atoms with Crippen molar-refractivity contribution in [2.75, 3.05) is 0 Å². The molecule has 2 heterocycles. The van der Waals surface area contributed by atoms with E-state index in [0.717, 1.165) is 27.3 Å². The van der Waals surface area contributed by atoms with E-state index in [1.807, 2.05) is 36.4 Å². The van der Waals surface area contributed by atoms with Gasteiger partial charge in [0.25, 0.3) is 0 Å². The summed E-state index contributed by atoms with van der Waals surface area (Å²) in [4.78, 5) is 0. The molecule has 2 nitrogen and oxygen atoms in total. The van der Waals surface area contributed by atoms with Crippen LogP contribution in [-0.4, -0.2) is 4.57 Å². The molecule has 0 saturated carbocycles. The molecule has 0 N–H and O–H groups in total. The van der Waals surface area contributed by atoms with Crippen LogP contribution in [0.25, 0.3) is 38.6 Å². The number of benzene rings is 8. The Bertz CT molecular complexity index is 2810. The summed E-state index contributed by atoms with van der Waals surface area (Å²) in [5.41, 5.74) is 11.3. The van der Waals surface area contributed by atoms with Crippen LogP contribution < -0.4 is 10.6 Å². The van der Waals surface area contributed by atoms with Crippen LogP contribution in [-0.2, 0) is 16.1 Å². The molecule has 0 amide bonds. The number of nitrogens with zero attached hydrogens (tertiary/aromatic N) is 1. The zero-order valence-corrected chi connectivity index (χ0v) is 30.0. The third-order valence-electron chi connectivity index (χ3n) is 11.2. The van der Waals surface area contributed by atoms with E-state index in [1.165, 1.54) is 49.7 Å². The van der Waals surface area contributed by atoms with Crippen LogP contribution in [0, 0.1) is 0 Å². The van der Waals surface area contributed by atoms with Crippen LogP contribution in [0.4, 0.5) is 0 Å². The third kappa shape index (κ3) is 4.83. The first kappa shape index (κ1) is 31.5. The van der Waals surface area contributed by atoms with Crippen molar-refractivity contribution < 1.29 is 4.57 Å². The van der Waals surface area contributed by atoms with Crippen molar-refractivity contribution >= 4 is 39.6 Å². The molecule has 0 fully saturated rings. The van der Waals surface area contributed by atoms with Gasteiger partial charge in [-0.3, -0.25) is 0 Å². The fourth-order valence-corrected chi connectivity index (χ4v) is 11.5. The minimum atomic E-state index is -3.03. The molecule has 252 valence electrons. The van der Waals surface area contributed by atoms with Gasteiger partial charge >= 0.3 is 0 Å². The Morgan fingerprint density at radius 2 is 0.981 bits per heavy atom. The zero-order chi connectivity index (χ0) is 35.4. The van der Waals surface area contributed by atoms with Gasteiger partial charge in [0.2, 0.25) is 0 Å². The van der Waals surface area contributed by atoms with Crippen molar-refractivity contribution in [3.63, 3.8) is 0 Å². The van der Waals surface area contributed by atoms with Crippen molar-refractivity contribution in [3.8, 4) is 16.8 Å². The Hall–Kier alpha value is -6.21. The van der Waals surface area contributed by atoms with Gasteiger partial charge in [-0.1, -0.05) is 194 Å². The monoisotopic (exact) mass is 697 g/mol. The summed E-state index contributed by atoms with van der Waals surface area (Å²) in [5.74, 6) is 0. The Morgan fingerprint density at radius 1 is 0.434 bits per heavy atom. The highest BCUT2D eigenvalue weighted by atomic mass is 31.2. The molecule has 3 heteroatoms. The predicted molar refractivity (Wildman–Crippen MR) is 222 cm³/mol. The zero-order valence-electron chi connectivity index (χ0n) is 29.1. The van der Waals surface area contributed by atoms with Crippen molar-refractivity contribution in [1.29, 1.82) is 0 Å². The van der Waals surface area contributed by atoms with E-state index in [0.29, 0.717) is 6.16 Å². The summed E-state index contributed by atoms with van der Waals surface area (Å²) in [6, 6.07) is 73.1. The quantitative estimate of drug-likeness (QED) is 0.152. The fraction of sp³-hybridized carbons (Fsp3) is 0.0400. The number of rotatable bonds is 7. The van der Waals surface area contributed by atoms with Gasteiger partial charge in [0.05, 0.1) is 22.1 Å². The van der Waals surface area contributed by atoms with Crippen molar-refractivity contribution in [2.45, 2.75) is 11.6 Å². The number of aromatic nitrogens is 1. The van der Waals surface area contributed by atoms with Crippen LogP contribution in [0.15, 0.2) is 206 Å². The first-order valence-electron chi connectivity index (χ1n) is 18.2. The third-order valence-corrected chi connectivity index (χ3v) is 14.3. The lowest BCUT2D eigenvalue weighted by Gasteiger charge is -2.41. The SMILES string of the molecule is O=P(Cc1ccc(C2(c3ccccc3)c3ccccc3-n3c4ccccc4c4cccc2c43)cc1)(c1ccccc1)c1ccc(-c2ccccc2)cc1. The lowest BCUT2D eigenvalue weighted by Crippen LogP contribution is -2.35. The van der Waals surface area contributed by atoms with E-state index in [2.05, 4.69) is 174 Å². The minimum absolute atomic E-state index is 0.431. The smallest absolute Gasteiger partial charge is 0.147 e. The summed E-state index contributed by atoms with van der Waals surface area (Å²) in [6.45, 7) is 0. The second-order valence-corrected chi connectivity index (χ2v) is 16.9. The van der Waals surface area contributed by atoms with Crippen molar-refractivity contribution in [1.82, 2.24) is 4.57 Å². The molecule has 0 radical (unpaired) electrons. The molecule has 8 aromatic carbocycles. The molecule has 10 rings (SSSR count). The molecule has 0 saturated heterocycles. The maximum atomic E-state index is 15.4. The maximum Gasteiger partial charge on any atom is 0.147 e. The molecule has 1 aliphatic rings. The Kier molecular flexibility index (Phi) is 7.42. The second kappa shape index (κ2) is 12.5. The minimum Gasteiger partial charge on any atom is -0.313 e. The molecule has 2 unspecified atom stereocenters. The molecule has 1 aromatic heterocycles. The molecular formula is C50H36NOP. The normalized spacial score (nSPS) is 15.9. The van der Waals surface area contributed by atoms with Crippen LogP contribution >= 0.6 is 7.14 Å². The summed E-state index contributed by atoms with van der Waals surface area (Å²) >= 11 is 0. The van der Waals surface area contributed by atoms with E-state index in [4.69, 9.17) is 0 Å². The highest BCUT2D eigenvalue weighted by Gasteiger charge is 2.45. The van der Waals surface area contributed by atoms with Crippen LogP contribution in [0.5, 0.6) is 0 Å². The van der Waals surface area contributed by atoms with Crippen LogP contribution in [0.2, 0.25) is 0 Å². The molecule has 0 bridgehead atoms. The van der Waals surface area contributed by atoms with Gasteiger partial charge in [0, 0.05) is 27.5 Å². The van der Waals surface area contributed by atoms with E-state index in [1.54, 1.807) is 0 Å². The predicted octanol–water partition coefficient (Wildman–Crippen LogP) is 11.7.